The quantitative estimate of drug-likeness (QED) is 0.529. The number of aromatic nitrogens is 1. The topological polar surface area (TPSA) is 57.7 Å². The predicted molar refractivity (Wildman–Crippen MR) is 48.1 cm³/mol. The van der Waals surface area contributed by atoms with Gasteiger partial charge in [0.1, 0.15) is 0 Å². The van der Waals surface area contributed by atoms with Crippen LogP contribution in [0.1, 0.15) is 10.4 Å². The molecule has 0 bridgehead atoms. The smallest absolute Gasteiger partial charge is 0.339 e. The van der Waals surface area contributed by atoms with Crippen LogP contribution >= 0.6 is 0 Å². The molecule has 0 fully saturated rings. The highest BCUT2D eigenvalue weighted by atomic mass is 16.7. The summed E-state index contributed by atoms with van der Waals surface area (Å²) in [6.07, 6.45) is 1.39. The van der Waals surface area contributed by atoms with Gasteiger partial charge in [-0.25, -0.2) is 9.78 Å². The van der Waals surface area contributed by atoms with E-state index in [0.717, 1.165) is 0 Å². The van der Waals surface area contributed by atoms with Crippen molar-refractivity contribution in [1.82, 2.24) is 4.98 Å². The van der Waals surface area contributed by atoms with Gasteiger partial charge in [0, 0.05) is 19.4 Å². The number of carbonyl (C=O) groups is 1. The first-order valence-corrected chi connectivity index (χ1v) is 3.94. The molecule has 1 aromatic rings. The van der Waals surface area contributed by atoms with E-state index in [-0.39, 0.29) is 6.79 Å². The monoisotopic (exact) mass is 197 g/mol. The summed E-state index contributed by atoms with van der Waals surface area (Å²) >= 11 is 0. The maximum atomic E-state index is 11.0. The fourth-order valence-electron chi connectivity index (χ4n) is 0.824. The molecule has 0 radical (unpaired) electrons. The Morgan fingerprint density at radius 1 is 1.43 bits per heavy atom. The molecule has 1 rings (SSSR count). The first-order chi connectivity index (χ1) is 6.77. The average Bonchev–Trinajstić information content (AvgIpc) is 2.26. The van der Waals surface area contributed by atoms with Gasteiger partial charge in [-0.2, -0.15) is 0 Å². The highest BCUT2D eigenvalue weighted by molar-refractivity contribution is 5.88. The van der Waals surface area contributed by atoms with Crippen molar-refractivity contribution in [2.45, 2.75) is 0 Å². The van der Waals surface area contributed by atoms with Crippen LogP contribution in [0.2, 0.25) is 0 Å². The van der Waals surface area contributed by atoms with Crippen LogP contribution in [-0.2, 0) is 9.47 Å². The average molecular weight is 197 g/mol. The fraction of sp³-hybridized carbons (Fsp3) is 0.333. The van der Waals surface area contributed by atoms with Gasteiger partial charge in [-0.15, -0.1) is 0 Å². The molecule has 0 N–H and O–H groups in total. The van der Waals surface area contributed by atoms with Crippen molar-refractivity contribution in [2.75, 3.05) is 21.0 Å². The van der Waals surface area contributed by atoms with Gasteiger partial charge in [-0.3, -0.25) is 0 Å². The third-order valence-electron chi connectivity index (χ3n) is 1.48. The highest BCUT2D eigenvalue weighted by Gasteiger charge is 2.05. The standard InChI is InChI=1S/C9H11NO4/c1-12-6-14-8-4-3-7(5-10-8)9(11)13-2/h3-5H,6H2,1-2H3. The third-order valence-corrected chi connectivity index (χ3v) is 1.48. The molecule has 0 aliphatic heterocycles. The Morgan fingerprint density at radius 3 is 2.71 bits per heavy atom. The van der Waals surface area contributed by atoms with Crippen LogP contribution in [0, 0.1) is 0 Å². The lowest BCUT2D eigenvalue weighted by Crippen LogP contribution is -2.04. The van der Waals surface area contributed by atoms with Crippen molar-refractivity contribution in [3.8, 4) is 5.88 Å². The minimum Gasteiger partial charge on any atom is -0.465 e. The number of hydrogen-bond acceptors (Lipinski definition) is 5. The molecule has 1 heterocycles. The molecule has 0 atom stereocenters. The molecule has 0 aromatic carbocycles. The van der Waals surface area contributed by atoms with E-state index >= 15 is 0 Å². The Hall–Kier alpha value is -1.62. The molecule has 1 aromatic heterocycles. The highest BCUT2D eigenvalue weighted by Crippen LogP contribution is 2.08. The van der Waals surface area contributed by atoms with Gasteiger partial charge in [-0.1, -0.05) is 0 Å². The van der Waals surface area contributed by atoms with Crippen LogP contribution < -0.4 is 4.74 Å². The van der Waals surface area contributed by atoms with Crippen molar-refractivity contribution < 1.29 is 19.0 Å². The molecule has 0 amide bonds. The molecule has 5 heteroatoms. The summed E-state index contributed by atoms with van der Waals surface area (Å²) in [4.78, 5) is 14.9. The zero-order valence-electron chi connectivity index (χ0n) is 8.02. The molecular weight excluding hydrogens is 186 g/mol. The Labute approximate surface area is 81.6 Å². The van der Waals surface area contributed by atoms with Crippen molar-refractivity contribution in [2.24, 2.45) is 0 Å². The number of rotatable bonds is 4. The second kappa shape index (κ2) is 5.18. The molecule has 0 saturated heterocycles. The van der Waals surface area contributed by atoms with Crippen LogP contribution in [0.15, 0.2) is 18.3 Å². The minimum atomic E-state index is -0.421. The van der Waals surface area contributed by atoms with E-state index in [1.807, 2.05) is 0 Å². The molecule has 0 aliphatic carbocycles. The molecule has 0 aliphatic rings. The van der Waals surface area contributed by atoms with E-state index in [4.69, 9.17) is 9.47 Å². The Balaban J connectivity index is 2.63. The molecule has 0 unspecified atom stereocenters. The number of methoxy groups -OCH3 is 2. The number of esters is 1. The maximum Gasteiger partial charge on any atom is 0.339 e. The van der Waals surface area contributed by atoms with Crippen LogP contribution in [0.25, 0.3) is 0 Å². The van der Waals surface area contributed by atoms with Gasteiger partial charge < -0.3 is 14.2 Å². The number of carbonyl (C=O) groups excluding carboxylic acids is 1. The number of pyridine rings is 1. The molecule has 14 heavy (non-hydrogen) atoms. The molecule has 5 nitrogen and oxygen atoms in total. The molecule has 0 saturated carbocycles. The second-order valence-electron chi connectivity index (χ2n) is 2.43. The SMILES string of the molecule is COCOc1ccc(C(=O)OC)cn1. The van der Waals surface area contributed by atoms with Gasteiger partial charge in [0.25, 0.3) is 0 Å². The summed E-state index contributed by atoms with van der Waals surface area (Å²) in [5.41, 5.74) is 0.386. The minimum absolute atomic E-state index is 0.130. The Bertz CT molecular complexity index is 296. The maximum absolute atomic E-state index is 11.0. The molecule has 76 valence electrons. The Kier molecular flexibility index (Phi) is 3.87. The van der Waals surface area contributed by atoms with Gasteiger partial charge in [0.2, 0.25) is 5.88 Å². The molecular formula is C9H11NO4. The lowest BCUT2D eigenvalue weighted by molar-refractivity contribution is 0.0477. The van der Waals surface area contributed by atoms with Gasteiger partial charge >= 0.3 is 5.97 Å². The van der Waals surface area contributed by atoms with Crippen molar-refractivity contribution in [3.05, 3.63) is 23.9 Å². The normalized spacial score (nSPS) is 9.57. The zero-order valence-corrected chi connectivity index (χ0v) is 8.02. The van der Waals surface area contributed by atoms with Crippen LogP contribution in [0.3, 0.4) is 0 Å². The van der Waals surface area contributed by atoms with E-state index in [9.17, 15) is 4.79 Å². The largest absolute Gasteiger partial charge is 0.465 e. The van der Waals surface area contributed by atoms with Gasteiger partial charge in [0.15, 0.2) is 6.79 Å². The van der Waals surface area contributed by atoms with Crippen molar-refractivity contribution >= 4 is 5.97 Å². The van der Waals surface area contributed by atoms with E-state index in [1.165, 1.54) is 20.4 Å². The summed E-state index contributed by atoms with van der Waals surface area (Å²) in [6, 6.07) is 3.15. The summed E-state index contributed by atoms with van der Waals surface area (Å²) in [5.74, 6) is -0.0182. The zero-order chi connectivity index (χ0) is 10.4. The van der Waals surface area contributed by atoms with Crippen molar-refractivity contribution in [3.63, 3.8) is 0 Å². The lowest BCUT2D eigenvalue weighted by Gasteiger charge is -2.03. The van der Waals surface area contributed by atoms with E-state index in [2.05, 4.69) is 9.72 Å². The van der Waals surface area contributed by atoms with E-state index in [1.54, 1.807) is 12.1 Å². The first-order valence-electron chi connectivity index (χ1n) is 3.94. The number of ether oxygens (including phenoxy) is 3. The number of nitrogens with zero attached hydrogens (tertiary/aromatic N) is 1. The first kappa shape index (κ1) is 10.5. The van der Waals surface area contributed by atoms with Crippen LogP contribution in [0.5, 0.6) is 5.88 Å². The lowest BCUT2D eigenvalue weighted by atomic mass is 10.3. The van der Waals surface area contributed by atoms with E-state index < -0.39 is 5.97 Å². The molecule has 0 spiro atoms. The van der Waals surface area contributed by atoms with Crippen LogP contribution in [-0.4, -0.2) is 32.0 Å². The Morgan fingerprint density at radius 2 is 2.21 bits per heavy atom. The van der Waals surface area contributed by atoms with E-state index in [0.29, 0.717) is 11.4 Å². The van der Waals surface area contributed by atoms with Gasteiger partial charge in [-0.05, 0) is 6.07 Å². The van der Waals surface area contributed by atoms with Crippen LogP contribution in [0.4, 0.5) is 0 Å². The summed E-state index contributed by atoms with van der Waals surface area (Å²) in [5, 5.41) is 0. The summed E-state index contributed by atoms with van der Waals surface area (Å²) in [6.45, 7) is 0.130. The summed E-state index contributed by atoms with van der Waals surface area (Å²) < 4.78 is 14.2. The third kappa shape index (κ3) is 2.70. The van der Waals surface area contributed by atoms with Gasteiger partial charge in [0.05, 0.1) is 12.7 Å². The predicted octanol–water partition coefficient (Wildman–Crippen LogP) is 0.851. The summed E-state index contributed by atoms with van der Waals surface area (Å²) in [7, 11) is 2.83. The van der Waals surface area contributed by atoms with Crippen molar-refractivity contribution in [1.29, 1.82) is 0 Å². The fourth-order valence-corrected chi connectivity index (χ4v) is 0.824. The second-order valence-corrected chi connectivity index (χ2v) is 2.43. The number of hydrogen-bond donors (Lipinski definition) is 0.